The van der Waals surface area contributed by atoms with Crippen molar-refractivity contribution < 1.29 is 14.3 Å². The zero-order valence-electron chi connectivity index (χ0n) is 14.5. The lowest BCUT2D eigenvalue weighted by molar-refractivity contribution is -0.118. The summed E-state index contributed by atoms with van der Waals surface area (Å²) in [5.41, 5.74) is 3.06. The molecule has 2 amide bonds. The summed E-state index contributed by atoms with van der Waals surface area (Å²) in [5.74, 6) is 0.249. The molecule has 0 heterocycles. The lowest BCUT2D eigenvalue weighted by atomic mass is 10.1. The summed E-state index contributed by atoms with van der Waals surface area (Å²) < 4.78 is 5.52. The Kier molecular flexibility index (Phi) is 6.42. The van der Waals surface area contributed by atoms with Crippen molar-refractivity contribution in [1.82, 2.24) is 0 Å². The average Bonchev–Trinajstić information content (AvgIpc) is 2.57. The average molecular weight is 361 g/mol. The van der Waals surface area contributed by atoms with E-state index < -0.39 is 0 Å². The first-order valence-corrected chi connectivity index (χ1v) is 8.36. The molecule has 2 aromatic carbocycles. The van der Waals surface area contributed by atoms with Gasteiger partial charge in [0.25, 0.3) is 5.91 Å². The highest BCUT2D eigenvalue weighted by atomic mass is 35.5. The van der Waals surface area contributed by atoms with Gasteiger partial charge in [-0.1, -0.05) is 24.6 Å². The highest BCUT2D eigenvalue weighted by Crippen LogP contribution is 2.22. The minimum Gasteiger partial charge on any atom is -0.483 e. The maximum absolute atomic E-state index is 12.1. The van der Waals surface area contributed by atoms with Crippen LogP contribution in [0.3, 0.4) is 0 Å². The van der Waals surface area contributed by atoms with Gasteiger partial charge in [-0.2, -0.15) is 0 Å². The van der Waals surface area contributed by atoms with Gasteiger partial charge in [-0.3, -0.25) is 9.59 Å². The number of ether oxygens (including phenoxy) is 1. The predicted molar refractivity (Wildman–Crippen MR) is 100 cm³/mol. The minimum atomic E-state index is -0.286. The molecule has 0 aromatic heterocycles. The molecule has 2 aromatic rings. The molecule has 132 valence electrons. The van der Waals surface area contributed by atoms with Crippen LogP contribution in [0.1, 0.15) is 24.5 Å². The number of rotatable bonds is 6. The van der Waals surface area contributed by atoms with E-state index in [2.05, 4.69) is 10.6 Å². The van der Waals surface area contributed by atoms with Gasteiger partial charge in [-0.05, 0) is 55.3 Å². The fourth-order valence-electron chi connectivity index (χ4n) is 2.19. The summed E-state index contributed by atoms with van der Waals surface area (Å²) in [5, 5.41) is 6.19. The maximum Gasteiger partial charge on any atom is 0.262 e. The standard InChI is InChI=1S/C19H21ClN2O3/c1-4-18(23)22-16-10-15(7-5-12(16)2)21-19(24)11-25-17-8-6-14(20)9-13(17)3/h5-10H,4,11H2,1-3H3,(H,21,24)(H,22,23). The van der Waals surface area contributed by atoms with Crippen LogP contribution >= 0.6 is 11.6 Å². The zero-order chi connectivity index (χ0) is 18.4. The highest BCUT2D eigenvalue weighted by Gasteiger charge is 2.08. The van der Waals surface area contributed by atoms with Crippen LogP contribution in [0.25, 0.3) is 0 Å². The molecule has 0 aliphatic heterocycles. The molecular formula is C19H21ClN2O3. The van der Waals surface area contributed by atoms with E-state index >= 15 is 0 Å². The number of hydrogen-bond acceptors (Lipinski definition) is 3. The number of amides is 2. The Morgan fingerprint density at radius 2 is 1.76 bits per heavy atom. The van der Waals surface area contributed by atoms with Gasteiger partial charge in [0.15, 0.2) is 6.61 Å². The smallest absolute Gasteiger partial charge is 0.262 e. The fourth-order valence-corrected chi connectivity index (χ4v) is 2.41. The summed E-state index contributed by atoms with van der Waals surface area (Å²) >= 11 is 5.90. The molecule has 0 bridgehead atoms. The second-order valence-electron chi connectivity index (χ2n) is 5.68. The van der Waals surface area contributed by atoms with E-state index in [9.17, 15) is 9.59 Å². The first-order chi connectivity index (χ1) is 11.9. The molecule has 0 saturated heterocycles. The van der Waals surface area contributed by atoms with Crippen LogP contribution in [-0.4, -0.2) is 18.4 Å². The topological polar surface area (TPSA) is 67.4 Å². The van der Waals surface area contributed by atoms with E-state index in [1.165, 1.54) is 0 Å². The van der Waals surface area contributed by atoms with Crippen LogP contribution in [0.4, 0.5) is 11.4 Å². The Morgan fingerprint density at radius 1 is 1.00 bits per heavy atom. The summed E-state index contributed by atoms with van der Waals surface area (Å²) in [6.07, 6.45) is 0.393. The van der Waals surface area contributed by atoms with E-state index in [0.717, 1.165) is 11.1 Å². The second-order valence-corrected chi connectivity index (χ2v) is 6.11. The van der Waals surface area contributed by atoms with Crippen molar-refractivity contribution >= 4 is 34.8 Å². The Hall–Kier alpha value is -2.53. The SMILES string of the molecule is CCC(=O)Nc1cc(NC(=O)COc2ccc(Cl)cc2C)ccc1C. The van der Waals surface area contributed by atoms with Crippen molar-refractivity contribution in [3.63, 3.8) is 0 Å². The Balaban J connectivity index is 1.98. The molecule has 0 radical (unpaired) electrons. The first kappa shape index (κ1) is 18.8. The van der Waals surface area contributed by atoms with Crippen molar-refractivity contribution in [3.05, 3.63) is 52.5 Å². The highest BCUT2D eigenvalue weighted by molar-refractivity contribution is 6.30. The number of halogens is 1. The molecule has 0 fully saturated rings. The number of nitrogens with one attached hydrogen (secondary N) is 2. The van der Waals surface area contributed by atoms with Crippen molar-refractivity contribution in [2.45, 2.75) is 27.2 Å². The number of anilines is 2. The van der Waals surface area contributed by atoms with Crippen molar-refractivity contribution in [1.29, 1.82) is 0 Å². The third-order valence-corrected chi connectivity index (χ3v) is 3.85. The van der Waals surface area contributed by atoms with Gasteiger partial charge in [0.2, 0.25) is 5.91 Å². The van der Waals surface area contributed by atoms with Gasteiger partial charge >= 0.3 is 0 Å². The Morgan fingerprint density at radius 3 is 2.44 bits per heavy atom. The van der Waals surface area contributed by atoms with Crippen LogP contribution < -0.4 is 15.4 Å². The summed E-state index contributed by atoms with van der Waals surface area (Å²) in [6.45, 7) is 5.42. The molecule has 2 N–H and O–H groups in total. The van der Waals surface area contributed by atoms with Gasteiger partial charge in [0, 0.05) is 22.8 Å². The van der Waals surface area contributed by atoms with Crippen LogP contribution in [0.2, 0.25) is 5.02 Å². The predicted octanol–water partition coefficient (Wildman–Crippen LogP) is 4.32. The van der Waals surface area contributed by atoms with Crippen molar-refractivity contribution in [2.24, 2.45) is 0 Å². The van der Waals surface area contributed by atoms with Crippen molar-refractivity contribution in [3.8, 4) is 5.75 Å². The van der Waals surface area contributed by atoms with Crippen LogP contribution in [0.5, 0.6) is 5.75 Å². The van der Waals surface area contributed by atoms with Crippen molar-refractivity contribution in [2.75, 3.05) is 17.2 Å². The Bertz CT molecular complexity index is 790. The molecule has 0 aliphatic carbocycles. The zero-order valence-corrected chi connectivity index (χ0v) is 15.2. The first-order valence-electron chi connectivity index (χ1n) is 7.98. The molecule has 0 saturated carbocycles. The molecule has 25 heavy (non-hydrogen) atoms. The number of hydrogen-bond donors (Lipinski definition) is 2. The fraction of sp³-hybridized carbons (Fsp3) is 0.263. The van der Waals surface area contributed by atoms with Crippen LogP contribution in [0.15, 0.2) is 36.4 Å². The van der Waals surface area contributed by atoms with E-state index in [0.29, 0.717) is 28.6 Å². The molecule has 0 atom stereocenters. The molecular weight excluding hydrogens is 340 g/mol. The summed E-state index contributed by atoms with van der Waals surface area (Å²) in [4.78, 5) is 23.6. The largest absolute Gasteiger partial charge is 0.483 e. The quantitative estimate of drug-likeness (QED) is 0.806. The normalized spacial score (nSPS) is 10.2. The molecule has 0 spiro atoms. The van der Waals surface area contributed by atoms with E-state index in [1.54, 1.807) is 37.3 Å². The maximum atomic E-state index is 12.1. The van der Waals surface area contributed by atoms with E-state index in [4.69, 9.17) is 16.3 Å². The number of carbonyl (C=O) groups is 2. The number of carbonyl (C=O) groups excluding carboxylic acids is 2. The summed E-state index contributed by atoms with van der Waals surface area (Å²) in [7, 11) is 0. The minimum absolute atomic E-state index is 0.0758. The van der Waals surface area contributed by atoms with E-state index in [1.807, 2.05) is 19.9 Å². The van der Waals surface area contributed by atoms with Gasteiger partial charge < -0.3 is 15.4 Å². The van der Waals surface area contributed by atoms with Gasteiger partial charge in [0.05, 0.1) is 0 Å². The molecule has 5 nitrogen and oxygen atoms in total. The molecule has 0 unspecified atom stereocenters. The van der Waals surface area contributed by atoms with E-state index in [-0.39, 0.29) is 18.4 Å². The second kappa shape index (κ2) is 8.53. The molecule has 2 rings (SSSR count). The lowest BCUT2D eigenvalue weighted by Gasteiger charge is -2.12. The van der Waals surface area contributed by atoms with Gasteiger partial charge in [-0.25, -0.2) is 0 Å². The van der Waals surface area contributed by atoms with Gasteiger partial charge in [0.1, 0.15) is 5.75 Å². The third kappa shape index (κ3) is 5.50. The Labute approximate surface area is 152 Å². The monoisotopic (exact) mass is 360 g/mol. The third-order valence-electron chi connectivity index (χ3n) is 3.61. The van der Waals surface area contributed by atoms with Crippen LogP contribution in [-0.2, 0) is 9.59 Å². The molecule has 0 aliphatic rings. The lowest BCUT2D eigenvalue weighted by Crippen LogP contribution is -2.20. The summed E-state index contributed by atoms with van der Waals surface area (Å²) in [6, 6.07) is 10.6. The molecule has 6 heteroatoms. The number of aryl methyl sites for hydroxylation is 2. The van der Waals surface area contributed by atoms with Gasteiger partial charge in [-0.15, -0.1) is 0 Å². The van der Waals surface area contributed by atoms with Crippen LogP contribution in [0, 0.1) is 13.8 Å². The number of benzene rings is 2.